The number of carbonyl (C=O) groups excluding carboxylic acids is 1. The summed E-state index contributed by atoms with van der Waals surface area (Å²) in [7, 11) is 0. The van der Waals surface area contributed by atoms with Gasteiger partial charge in [0.15, 0.2) is 0 Å². The van der Waals surface area contributed by atoms with E-state index in [0.717, 1.165) is 25.9 Å². The van der Waals surface area contributed by atoms with Crippen molar-refractivity contribution in [3.8, 4) is 0 Å². The van der Waals surface area contributed by atoms with Crippen LogP contribution in [0.15, 0.2) is 0 Å². The fourth-order valence-corrected chi connectivity index (χ4v) is 2.09. The lowest BCUT2D eigenvalue weighted by atomic mass is 9.99. The number of rotatable bonds is 7. The number of hydrogen-bond acceptors (Lipinski definition) is 3. The van der Waals surface area contributed by atoms with Crippen LogP contribution in [0.4, 0.5) is 4.79 Å². The first kappa shape index (κ1) is 15.8. The average molecular weight is 272 g/mol. The van der Waals surface area contributed by atoms with Gasteiger partial charge in [-0.15, -0.1) is 0 Å². The molecule has 1 rings (SSSR count). The summed E-state index contributed by atoms with van der Waals surface area (Å²) in [6, 6.07) is -1.27. The second-order valence-electron chi connectivity index (χ2n) is 5.03. The van der Waals surface area contributed by atoms with Gasteiger partial charge in [-0.2, -0.15) is 0 Å². The molecule has 3 atom stereocenters. The molecule has 19 heavy (non-hydrogen) atoms. The molecule has 1 heterocycles. The molecule has 0 bridgehead atoms. The van der Waals surface area contributed by atoms with E-state index in [-0.39, 0.29) is 12.0 Å². The molecule has 110 valence electrons. The predicted octanol–water partition coefficient (Wildman–Crippen LogP) is 1.35. The summed E-state index contributed by atoms with van der Waals surface area (Å²) < 4.78 is 5.44. The highest BCUT2D eigenvalue weighted by Crippen LogP contribution is 2.14. The maximum Gasteiger partial charge on any atom is 0.326 e. The van der Waals surface area contributed by atoms with E-state index in [1.807, 2.05) is 13.8 Å². The van der Waals surface area contributed by atoms with Crippen LogP contribution in [0, 0.1) is 5.92 Å². The Morgan fingerprint density at radius 3 is 2.74 bits per heavy atom. The number of carboxylic acids is 1. The van der Waals surface area contributed by atoms with Crippen molar-refractivity contribution < 1.29 is 19.4 Å². The molecule has 1 aliphatic rings. The molecular formula is C13H24N2O4. The smallest absolute Gasteiger partial charge is 0.326 e. The molecule has 6 nitrogen and oxygen atoms in total. The van der Waals surface area contributed by atoms with Crippen molar-refractivity contribution >= 4 is 12.0 Å². The summed E-state index contributed by atoms with van der Waals surface area (Å²) in [5.74, 6) is -1.09. The molecule has 0 aromatic heterocycles. The van der Waals surface area contributed by atoms with Crippen LogP contribution in [0.3, 0.4) is 0 Å². The molecule has 1 aliphatic heterocycles. The average Bonchev–Trinajstić information content (AvgIpc) is 2.87. The minimum absolute atomic E-state index is 0.0959. The van der Waals surface area contributed by atoms with Crippen molar-refractivity contribution in [2.75, 3.05) is 13.2 Å². The van der Waals surface area contributed by atoms with Crippen LogP contribution >= 0.6 is 0 Å². The minimum atomic E-state index is -0.997. The summed E-state index contributed by atoms with van der Waals surface area (Å²) in [6.45, 7) is 5.01. The lowest BCUT2D eigenvalue weighted by molar-refractivity contribution is -0.140. The van der Waals surface area contributed by atoms with E-state index < -0.39 is 18.0 Å². The van der Waals surface area contributed by atoms with Crippen molar-refractivity contribution in [1.29, 1.82) is 0 Å². The third-order valence-electron chi connectivity index (χ3n) is 3.54. The first-order chi connectivity index (χ1) is 9.04. The second-order valence-corrected chi connectivity index (χ2v) is 5.03. The van der Waals surface area contributed by atoms with E-state index in [1.165, 1.54) is 0 Å². The predicted molar refractivity (Wildman–Crippen MR) is 71.0 cm³/mol. The number of nitrogens with one attached hydrogen (secondary N) is 2. The van der Waals surface area contributed by atoms with E-state index in [2.05, 4.69) is 10.6 Å². The minimum Gasteiger partial charge on any atom is -0.480 e. The van der Waals surface area contributed by atoms with Crippen molar-refractivity contribution in [2.24, 2.45) is 5.92 Å². The van der Waals surface area contributed by atoms with Gasteiger partial charge >= 0.3 is 12.0 Å². The third kappa shape index (κ3) is 5.46. The molecule has 0 spiro atoms. The summed E-state index contributed by atoms with van der Waals surface area (Å²) >= 11 is 0. The molecule has 2 amide bonds. The number of carboxylic acid groups (broad SMARTS) is 1. The summed E-state index contributed by atoms with van der Waals surface area (Å²) in [5, 5.41) is 14.2. The Hall–Kier alpha value is -1.30. The quantitative estimate of drug-likeness (QED) is 0.653. The second kappa shape index (κ2) is 7.99. The Morgan fingerprint density at radius 1 is 1.47 bits per heavy atom. The molecule has 1 saturated heterocycles. The number of ether oxygens (including phenoxy) is 1. The van der Waals surface area contributed by atoms with Crippen LogP contribution in [0.2, 0.25) is 0 Å². The largest absolute Gasteiger partial charge is 0.480 e. The third-order valence-corrected chi connectivity index (χ3v) is 3.54. The highest BCUT2D eigenvalue weighted by Gasteiger charge is 2.25. The van der Waals surface area contributed by atoms with Crippen molar-refractivity contribution in [1.82, 2.24) is 10.6 Å². The molecule has 3 unspecified atom stereocenters. The van der Waals surface area contributed by atoms with E-state index in [0.29, 0.717) is 13.0 Å². The van der Waals surface area contributed by atoms with Gasteiger partial charge in [-0.05, 0) is 25.2 Å². The highest BCUT2D eigenvalue weighted by atomic mass is 16.5. The molecule has 3 N–H and O–H groups in total. The summed E-state index contributed by atoms with van der Waals surface area (Å²) in [4.78, 5) is 22.7. The standard InChI is InChI=1S/C13H24N2O4/c1-3-9(2)11(12(16)17)15-13(18)14-7-6-10-5-4-8-19-10/h9-11H,3-8H2,1-2H3,(H,16,17)(H2,14,15,18). The van der Waals surface area contributed by atoms with E-state index >= 15 is 0 Å². The first-order valence-corrected chi connectivity index (χ1v) is 6.93. The molecule has 6 heteroatoms. The normalized spacial score (nSPS) is 21.7. The maximum absolute atomic E-state index is 11.6. The Balaban J connectivity index is 2.25. The van der Waals surface area contributed by atoms with Gasteiger partial charge in [0.05, 0.1) is 6.10 Å². The van der Waals surface area contributed by atoms with E-state index in [1.54, 1.807) is 0 Å². The number of hydrogen-bond donors (Lipinski definition) is 3. The van der Waals surface area contributed by atoms with Crippen LogP contribution in [0.25, 0.3) is 0 Å². The number of aliphatic carboxylic acids is 1. The first-order valence-electron chi connectivity index (χ1n) is 6.93. The van der Waals surface area contributed by atoms with Gasteiger partial charge in [0.2, 0.25) is 0 Å². The molecule has 0 saturated carbocycles. The summed E-state index contributed by atoms with van der Waals surface area (Å²) in [6.07, 6.45) is 3.81. The lowest BCUT2D eigenvalue weighted by Crippen LogP contribution is -2.49. The Labute approximate surface area is 113 Å². The van der Waals surface area contributed by atoms with Crippen LogP contribution in [-0.2, 0) is 9.53 Å². The van der Waals surface area contributed by atoms with Gasteiger partial charge in [0, 0.05) is 13.2 Å². The maximum atomic E-state index is 11.6. The van der Waals surface area contributed by atoms with Gasteiger partial charge < -0.3 is 20.5 Å². The van der Waals surface area contributed by atoms with Gasteiger partial charge in [-0.1, -0.05) is 20.3 Å². The molecular weight excluding hydrogens is 248 g/mol. The zero-order valence-electron chi connectivity index (χ0n) is 11.6. The molecule has 0 radical (unpaired) electrons. The van der Waals surface area contributed by atoms with Crippen molar-refractivity contribution in [3.05, 3.63) is 0 Å². The Bertz CT molecular complexity index is 303. The monoisotopic (exact) mass is 272 g/mol. The van der Waals surface area contributed by atoms with Crippen LogP contribution in [-0.4, -0.2) is 42.4 Å². The molecule has 0 aromatic carbocycles. The molecule has 0 aromatic rings. The summed E-state index contributed by atoms with van der Waals surface area (Å²) in [5.41, 5.74) is 0. The Kier molecular flexibility index (Phi) is 6.62. The van der Waals surface area contributed by atoms with Gasteiger partial charge in [0.25, 0.3) is 0 Å². The number of urea groups is 1. The fraction of sp³-hybridized carbons (Fsp3) is 0.846. The van der Waals surface area contributed by atoms with Crippen LogP contribution in [0.5, 0.6) is 0 Å². The zero-order valence-corrected chi connectivity index (χ0v) is 11.6. The topological polar surface area (TPSA) is 87.7 Å². The number of amides is 2. The van der Waals surface area contributed by atoms with Gasteiger partial charge in [0.1, 0.15) is 6.04 Å². The lowest BCUT2D eigenvalue weighted by Gasteiger charge is -2.20. The van der Waals surface area contributed by atoms with E-state index in [4.69, 9.17) is 9.84 Å². The van der Waals surface area contributed by atoms with Crippen molar-refractivity contribution in [3.63, 3.8) is 0 Å². The molecule has 1 fully saturated rings. The Morgan fingerprint density at radius 2 is 2.21 bits per heavy atom. The fourth-order valence-electron chi connectivity index (χ4n) is 2.09. The van der Waals surface area contributed by atoms with Gasteiger partial charge in [-0.3, -0.25) is 0 Å². The SMILES string of the molecule is CCC(C)C(NC(=O)NCCC1CCCO1)C(=O)O. The van der Waals surface area contributed by atoms with Crippen molar-refractivity contribution in [2.45, 2.75) is 51.7 Å². The number of carbonyl (C=O) groups is 2. The van der Waals surface area contributed by atoms with Gasteiger partial charge in [-0.25, -0.2) is 9.59 Å². The highest BCUT2D eigenvalue weighted by molar-refractivity contribution is 5.82. The van der Waals surface area contributed by atoms with E-state index in [9.17, 15) is 9.59 Å². The van der Waals surface area contributed by atoms with Crippen LogP contribution in [0.1, 0.15) is 39.5 Å². The zero-order chi connectivity index (χ0) is 14.3. The van der Waals surface area contributed by atoms with Crippen LogP contribution < -0.4 is 10.6 Å². The molecule has 0 aliphatic carbocycles.